The number of H-pyrrole nitrogens is 1. The summed E-state index contributed by atoms with van der Waals surface area (Å²) in [7, 11) is 0. The quantitative estimate of drug-likeness (QED) is 0.710. The Balaban J connectivity index is 1.79. The molecule has 0 aromatic carbocycles. The first-order chi connectivity index (χ1) is 10.8. The van der Waals surface area contributed by atoms with Gasteiger partial charge in [-0.05, 0) is 18.6 Å². The van der Waals surface area contributed by atoms with Crippen LogP contribution in [0.5, 0.6) is 0 Å². The molecule has 2 bridgehead atoms. The lowest BCUT2D eigenvalue weighted by Gasteiger charge is -2.30. The number of aromatic amines is 1. The second-order valence-corrected chi connectivity index (χ2v) is 6.05. The molecule has 2 unspecified atom stereocenters. The van der Waals surface area contributed by atoms with Crippen LogP contribution in [0.15, 0.2) is 24.5 Å². The molecule has 22 heavy (non-hydrogen) atoms. The number of rotatable bonds is 1. The topological polar surface area (TPSA) is 80.6 Å². The van der Waals surface area contributed by atoms with Gasteiger partial charge in [0.1, 0.15) is 17.4 Å². The van der Waals surface area contributed by atoms with Crippen LogP contribution >= 0.6 is 0 Å². The number of nitrogens with one attached hydrogen (secondary N) is 2. The minimum atomic E-state index is 0.438. The zero-order valence-corrected chi connectivity index (χ0v) is 11.9. The van der Waals surface area contributed by atoms with Crippen molar-refractivity contribution in [1.82, 2.24) is 20.3 Å². The van der Waals surface area contributed by atoms with Crippen LogP contribution in [-0.4, -0.2) is 40.1 Å². The van der Waals surface area contributed by atoms with E-state index in [2.05, 4.69) is 37.3 Å². The van der Waals surface area contributed by atoms with E-state index in [1.807, 2.05) is 12.3 Å². The van der Waals surface area contributed by atoms with Crippen LogP contribution in [0.4, 0.5) is 5.69 Å². The van der Waals surface area contributed by atoms with Crippen LogP contribution in [0.25, 0.3) is 21.9 Å². The molecule has 2 atom stereocenters. The van der Waals surface area contributed by atoms with E-state index in [0.717, 1.165) is 35.0 Å². The van der Waals surface area contributed by atoms with E-state index in [4.69, 9.17) is 5.26 Å². The van der Waals surface area contributed by atoms with E-state index in [0.29, 0.717) is 17.8 Å². The van der Waals surface area contributed by atoms with E-state index < -0.39 is 0 Å². The molecular formula is C16H14N6. The van der Waals surface area contributed by atoms with Crippen LogP contribution in [0.2, 0.25) is 0 Å². The maximum absolute atomic E-state index is 9.12. The van der Waals surface area contributed by atoms with Crippen molar-refractivity contribution in [3.8, 4) is 6.07 Å². The van der Waals surface area contributed by atoms with E-state index in [1.54, 1.807) is 6.20 Å². The fourth-order valence-corrected chi connectivity index (χ4v) is 3.86. The van der Waals surface area contributed by atoms with Crippen molar-refractivity contribution in [2.24, 2.45) is 0 Å². The Bertz CT molecular complexity index is 937. The fraction of sp³-hybridized carbons (Fsp3) is 0.312. The Morgan fingerprint density at radius 3 is 3.09 bits per heavy atom. The molecule has 6 heteroatoms. The van der Waals surface area contributed by atoms with Crippen molar-refractivity contribution in [3.63, 3.8) is 0 Å². The second-order valence-electron chi connectivity index (χ2n) is 6.05. The highest BCUT2D eigenvalue weighted by molar-refractivity contribution is 6.12. The van der Waals surface area contributed by atoms with Crippen molar-refractivity contribution < 1.29 is 0 Å². The first-order valence-electron chi connectivity index (χ1n) is 7.50. The summed E-state index contributed by atoms with van der Waals surface area (Å²) < 4.78 is 0. The molecule has 0 radical (unpaired) electrons. The van der Waals surface area contributed by atoms with Gasteiger partial charge < -0.3 is 15.2 Å². The number of anilines is 1. The summed E-state index contributed by atoms with van der Waals surface area (Å²) in [5, 5.41) is 14.8. The monoisotopic (exact) mass is 290 g/mol. The number of hydrogen-bond donors (Lipinski definition) is 2. The standard InChI is InChI=1S/C16H14N6/c17-5-9-4-12-13(7-20-9)21-16-15(12)14(1-2-18-16)22-8-10-3-11(22)6-19-10/h1-2,4,7,10-11,19H,3,6,8H2,(H,18,21). The molecule has 2 saturated heterocycles. The Morgan fingerprint density at radius 1 is 1.36 bits per heavy atom. The van der Waals surface area contributed by atoms with Crippen LogP contribution in [0.1, 0.15) is 12.1 Å². The minimum Gasteiger partial charge on any atom is -0.365 e. The van der Waals surface area contributed by atoms with Gasteiger partial charge in [-0.15, -0.1) is 0 Å². The van der Waals surface area contributed by atoms with Gasteiger partial charge in [0, 0.05) is 36.8 Å². The molecule has 2 aliphatic rings. The molecule has 2 fully saturated rings. The molecule has 3 aromatic rings. The van der Waals surface area contributed by atoms with Gasteiger partial charge in [-0.25, -0.2) is 9.97 Å². The molecule has 3 aromatic heterocycles. The van der Waals surface area contributed by atoms with Crippen LogP contribution < -0.4 is 10.2 Å². The number of piperazine rings is 1. The molecule has 0 spiro atoms. The fourth-order valence-electron chi connectivity index (χ4n) is 3.86. The molecular weight excluding hydrogens is 276 g/mol. The Morgan fingerprint density at radius 2 is 2.32 bits per heavy atom. The molecule has 6 nitrogen and oxygen atoms in total. The lowest BCUT2D eigenvalue weighted by atomic mass is 10.1. The predicted octanol–water partition coefficient (Wildman–Crippen LogP) is 1.53. The molecule has 5 rings (SSSR count). The SMILES string of the molecule is N#Cc1cc2c(cn1)[nH]c1nccc(N3CC4CC3CN4)c12. The van der Waals surface area contributed by atoms with E-state index in [1.165, 1.54) is 12.1 Å². The molecule has 108 valence electrons. The first kappa shape index (κ1) is 12.0. The largest absolute Gasteiger partial charge is 0.365 e. The summed E-state index contributed by atoms with van der Waals surface area (Å²) in [6.45, 7) is 2.08. The maximum Gasteiger partial charge on any atom is 0.141 e. The van der Waals surface area contributed by atoms with Gasteiger partial charge in [0.25, 0.3) is 0 Å². The van der Waals surface area contributed by atoms with Gasteiger partial charge in [-0.3, -0.25) is 0 Å². The van der Waals surface area contributed by atoms with Crippen molar-refractivity contribution in [2.75, 3.05) is 18.0 Å². The number of nitriles is 1. The van der Waals surface area contributed by atoms with E-state index >= 15 is 0 Å². The third kappa shape index (κ3) is 1.51. The molecule has 2 N–H and O–H groups in total. The summed E-state index contributed by atoms with van der Waals surface area (Å²) >= 11 is 0. The van der Waals surface area contributed by atoms with Crippen LogP contribution in [0.3, 0.4) is 0 Å². The zero-order chi connectivity index (χ0) is 14.7. The second kappa shape index (κ2) is 4.18. The summed E-state index contributed by atoms with van der Waals surface area (Å²) in [5.74, 6) is 0. The number of hydrogen-bond acceptors (Lipinski definition) is 5. The third-order valence-corrected chi connectivity index (χ3v) is 4.84. The average Bonchev–Trinajstić information content (AvgIpc) is 3.26. The Kier molecular flexibility index (Phi) is 2.27. The molecule has 2 aliphatic heterocycles. The van der Waals surface area contributed by atoms with Crippen molar-refractivity contribution >= 4 is 27.6 Å². The van der Waals surface area contributed by atoms with Crippen molar-refractivity contribution in [3.05, 3.63) is 30.2 Å². The van der Waals surface area contributed by atoms with Crippen molar-refractivity contribution in [1.29, 1.82) is 5.26 Å². The summed E-state index contributed by atoms with van der Waals surface area (Å²) in [4.78, 5) is 14.4. The number of pyridine rings is 2. The normalized spacial score (nSPS) is 23.5. The lowest BCUT2D eigenvalue weighted by molar-refractivity contribution is 0.581. The molecule has 0 aliphatic carbocycles. The number of fused-ring (bicyclic) bond motifs is 5. The highest BCUT2D eigenvalue weighted by Crippen LogP contribution is 2.37. The third-order valence-electron chi connectivity index (χ3n) is 4.84. The highest BCUT2D eigenvalue weighted by atomic mass is 15.3. The summed E-state index contributed by atoms with van der Waals surface area (Å²) in [6.07, 6.45) is 4.78. The number of nitrogens with zero attached hydrogens (tertiary/aromatic N) is 4. The van der Waals surface area contributed by atoms with Crippen molar-refractivity contribution in [2.45, 2.75) is 18.5 Å². The van der Waals surface area contributed by atoms with E-state index in [9.17, 15) is 0 Å². The van der Waals surface area contributed by atoms with Gasteiger partial charge in [-0.2, -0.15) is 5.26 Å². The van der Waals surface area contributed by atoms with Crippen LogP contribution in [0, 0.1) is 11.3 Å². The minimum absolute atomic E-state index is 0.438. The average molecular weight is 290 g/mol. The molecule has 0 amide bonds. The maximum atomic E-state index is 9.12. The van der Waals surface area contributed by atoms with Gasteiger partial charge in [0.05, 0.1) is 22.8 Å². The van der Waals surface area contributed by atoms with Gasteiger partial charge >= 0.3 is 0 Å². The predicted molar refractivity (Wildman–Crippen MR) is 83.7 cm³/mol. The molecule has 0 saturated carbocycles. The Labute approximate surface area is 126 Å². The number of aromatic nitrogens is 3. The smallest absolute Gasteiger partial charge is 0.141 e. The van der Waals surface area contributed by atoms with Gasteiger partial charge in [0.2, 0.25) is 0 Å². The zero-order valence-electron chi connectivity index (χ0n) is 11.9. The lowest BCUT2D eigenvalue weighted by Crippen LogP contribution is -2.43. The first-order valence-corrected chi connectivity index (χ1v) is 7.50. The summed E-state index contributed by atoms with van der Waals surface area (Å²) in [5.41, 5.74) is 3.43. The highest BCUT2D eigenvalue weighted by Gasteiger charge is 2.38. The summed E-state index contributed by atoms with van der Waals surface area (Å²) in [6, 6.07) is 7.21. The van der Waals surface area contributed by atoms with Gasteiger partial charge in [0.15, 0.2) is 0 Å². The van der Waals surface area contributed by atoms with E-state index in [-0.39, 0.29) is 0 Å². The Hall–Kier alpha value is -2.65. The van der Waals surface area contributed by atoms with Crippen LogP contribution in [-0.2, 0) is 0 Å². The molecule has 5 heterocycles. The van der Waals surface area contributed by atoms with Gasteiger partial charge in [-0.1, -0.05) is 0 Å².